The quantitative estimate of drug-likeness (QED) is 0.705. The third-order valence-corrected chi connectivity index (χ3v) is 5.33. The van der Waals surface area contributed by atoms with E-state index >= 15 is 0 Å². The van der Waals surface area contributed by atoms with Crippen LogP contribution in [-0.2, 0) is 18.3 Å². The molecule has 2 rings (SSSR count). The van der Waals surface area contributed by atoms with Crippen LogP contribution in [0.15, 0.2) is 4.79 Å². The molecule has 2 aromatic heterocycles. The summed E-state index contributed by atoms with van der Waals surface area (Å²) < 4.78 is 1.63. The van der Waals surface area contributed by atoms with Crippen molar-refractivity contribution in [3.8, 4) is 0 Å². The summed E-state index contributed by atoms with van der Waals surface area (Å²) in [6, 6.07) is 0. The van der Waals surface area contributed by atoms with Gasteiger partial charge in [0, 0.05) is 25.7 Å². The number of amides is 1. The number of aromatic amines is 1. The van der Waals surface area contributed by atoms with Gasteiger partial charge in [-0.15, -0.1) is 0 Å². The molecule has 0 spiro atoms. The molecule has 7 nitrogen and oxygen atoms in total. The summed E-state index contributed by atoms with van der Waals surface area (Å²) >= 11 is 0. The average Bonchev–Trinajstić information content (AvgIpc) is 2.86. The van der Waals surface area contributed by atoms with E-state index in [-0.39, 0.29) is 17.0 Å². The molecule has 0 radical (unpaired) electrons. The van der Waals surface area contributed by atoms with E-state index in [2.05, 4.69) is 15.4 Å². The SMILES string of the molecule is CCC(CC)(CN)NC(=O)CCc1c(C)nc2c(c1C)c(=O)[nH]n2C. The summed E-state index contributed by atoms with van der Waals surface area (Å²) in [5.74, 6) is -0.0185. The van der Waals surface area contributed by atoms with Gasteiger partial charge in [-0.05, 0) is 44.2 Å². The zero-order valence-electron chi connectivity index (χ0n) is 15.8. The molecule has 0 fully saturated rings. The fourth-order valence-corrected chi connectivity index (χ4v) is 3.38. The highest BCUT2D eigenvalue weighted by Gasteiger charge is 2.26. The number of H-pyrrole nitrogens is 1. The third kappa shape index (κ3) is 3.61. The summed E-state index contributed by atoms with van der Waals surface area (Å²) in [6.07, 6.45) is 2.50. The minimum absolute atomic E-state index is 0.0185. The van der Waals surface area contributed by atoms with E-state index in [9.17, 15) is 9.59 Å². The van der Waals surface area contributed by atoms with E-state index in [0.29, 0.717) is 30.4 Å². The van der Waals surface area contributed by atoms with Crippen LogP contribution in [0.2, 0.25) is 0 Å². The second kappa shape index (κ2) is 7.39. The van der Waals surface area contributed by atoms with Gasteiger partial charge in [0.1, 0.15) is 0 Å². The van der Waals surface area contributed by atoms with Gasteiger partial charge in [0.2, 0.25) is 5.91 Å². The minimum atomic E-state index is -0.333. The van der Waals surface area contributed by atoms with E-state index in [4.69, 9.17) is 5.73 Å². The minimum Gasteiger partial charge on any atom is -0.349 e. The number of rotatable bonds is 7. The van der Waals surface area contributed by atoms with Crippen LogP contribution in [0.3, 0.4) is 0 Å². The lowest BCUT2D eigenvalue weighted by atomic mass is 9.92. The van der Waals surface area contributed by atoms with Crippen LogP contribution in [0.4, 0.5) is 0 Å². The number of pyridine rings is 1. The Morgan fingerprint density at radius 3 is 2.52 bits per heavy atom. The van der Waals surface area contributed by atoms with Crippen molar-refractivity contribution in [1.29, 1.82) is 0 Å². The summed E-state index contributed by atoms with van der Waals surface area (Å²) in [7, 11) is 1.77. The van der Waals surface area contributed by atoms with Gasteiger partial charge in [0.05, 0.1) is 10.9 Å². The van der Waals surface area contributed by atoms with Gasteiger partial charge in [-0.25, -0.2) is 4.98 Å². The molecule has 0 aliphatic rings. The van der Waals surface area contributed by atoms with Crippen molar-refractivity contribution in [3.05, 3.63) is 27.2 Å². The average molecular weight is 347 g/mol. The van der Waals surface area contributed by atoms with Crippen LogP contribution >= 0.6 is 0 Å². The van der Waals surface area contributed by atoms with E-state index < -0.39 is 0 Å². The number of carbonyl (C=O) groups excluding carboxylic acids is 1. The number of fused-ring (bicyclic) bond motifs is 1. The number of aromatic nitrogens is 3. The molecule has 0 saturated carbocycles. The number of nitrogens with zero attached hydrogens (tertiary/aromatic N) is 2. The molecule has 0 atom stereocenters. The van der Waals surface area contributed by atoms with Crippen LogP contribution in [0.5, 0.6) is 0 Å². The monoisotopic (exact) mass is 347 g/mol. The first-order valence-corrected chi connectivity index (χ1v) is 8.84. The lowest BCUT2D eigenvalue weighted by Crippen LogP contribution is -2.52. The fraction of sp³-hybridized carbons (Fsp3) is 0.611. The lowest BCUT2D eigenvalue weighted by Gasteiger charge is -2.31. The molecule has 2 heterocycles. The molecule has 1 amide bonds. The molecule has 7 heteroatoms. The summed E-state index contributed by atoms with van der Waals surface area (Å²) in [6.45, 7) is 8.33. The Balaban J connectivity index is 2.22. The van der Waals surface area contributed by atoms with Gasteiger partial charge in [-0.3, -0.25) is 19.4 Å². The normalized spacial score (nSPS) is 11.9. The van der Waals surface area contributed by atoms with Crippen LogP contribution in [-0.4, -0.2) is 32.8 Å². The molecule has 0 saturated heterocycles. The number of nitrogens with two attached hydrogens (primary N) is 1. The van der Waals surface area contributed by atoms with Gasteiger partial charge in [0.15, 0.2) is 5.65 Å². The van der Waals surface area contributed by atoms with Gasteiger partial charge in [-0.2, -0.15) is 0 Å². The predicted molar refractivity (Wildman–Crippen MR) is 99.6 cm³/mol. The second-order valence-corrected chi connectivity index (χ2v) is 6.74. The Hall–Kier alpha value is -2.15. The standard InChI is InChI=1S/C18H29N5O2/c1-6-18(7-2,10-19)21-14(24)9-8-13-11(3)15-16(20-12(13)4)23(5)22-17(15)25/h6-10,19H2,1-5H3,(H,21,24)(H,22,25). The van der Waals surface area contributed by atoms with Crippen molar-refractivity contribution in [1.82, 2.24) is 20.1 Å². The molecule has 25 heavy (non-hydrogen) atoms. The van der Waals surface area contributed by atoms with Crippen molar-refractivity contribution in [2.24, 2.45) is 12.8 Å². The maximum absolute atomic E-state index is 12.4. The number of hydrogen-bond acceptors (Lipinski definition) is 4. The van der Waals surface area contributed by atoms with Crippen molar-refractivity contribution in [2.45, 2.75) is 58.9 Å². The Bertz CT molecular complexity index is 822. The Kier molecular flexibility index (Phi) is 5.67. The van der Waals surface area contributed by atoms with E-state index in [1.807, 2.05) is 27.7 Å². The van der Waals surface area contributed by atoms with Crippen LogP contribution in [0.1, 0.15) is 49.9 Å². The molecule has 0 aliphatic carbocycles. The molecule has 0 unspecified atom stereocenters. The fourth-order valence-electron chi connectivity index (χ4n) is 3.38. The zero-order chi connectivity index (χ0) is 18.8. The molecular weight excluding hydrogens is 318 g/mol. The van der Waals surface area contributed by atoms with Crippen LogP contribution < -0.4 is 16.6 Å². The smallest absolute Gasteiger partial charge is 0.273 e. The van der Waals surface area contributed by atoms with E-state index in [1.165, 1.54) is 0 Å². The van der Waals surface area contributed by atoms with E-state index in [1.54, 1.807) is 11.7 Å². The zero-order valence-corrected chi connectivity index (χ0v) is 15.8. The van der Waals surface area contributed by atoms with Crippen molar-refractivity contribution in [3.63, 3.8) is 0 Å². The predicted octanol–water partition coefficient (Wildman–Crippen LogP) is 1.44. The van der Waals surface area contributed by atoms with Gasteiger partial charge < -0.3 is 11.1 Å². The molecule has 0 bridgehead atoms. The number of nitrogens with one attached hydrogen (secondary N) is 2. The maximum Gasteiger partial charge on any atom is 0.273 e. The van der Waals surface area contributed by atoms with Crippen molar-refractivity contribution < 1.29 is 4.79 Å². The lowest BCUT2D eigenvalue weighted by molar-refractivity contribution is -0.123. The summed E-state index contributed by atoms with van der Waals surface area (Å²) in [5, 5.41) is 6.42. The molecule has 2 aromatic rings. The molecule has 4 N–H and O–H groups in total. The first-order valence-electron chi connectivity index (χ1n) is 8.84. The first kappa shape index (κ1) is 19.2. The summed E-state index contributed by atoms with van der Waals surface area (Å²) in [4.78, 5) is 29.1. The van der Waals surface area contributed by atoms with E-state index in [0.717, 1.165) is 29.7 Å². The van der Waals surface area contributed by atoms with Crippen LogP contribution in [0, 0.1) is 13.8 Å². The molecule has 138 valence electrons. The topological polar surface area (TPSA) is 106 Å². The number of carbonyl (C=O) groups is 1. The largest absolute Gasteiger partial charge is 0.349 e. The molecule has 0 aliphatic heterocycles. The molecular formula is C18H29N5O2. The van der Waals surface area contributed by atoms with Crippen molar-refractivity contribution in [2.75, 3.05) is 6.54 Å². The van der Waals surface area contributed by atoms with Crippen molar-refractivity contribution >= 4 is 16.9 Å². The van der Waals surface area contributed by atoms with Gasteiger partial charge in [-0.1, -0.05) is 13.8 Å². The highest BCUT2D eigenvalue weighted by atomic mass is 16.1. The van der Waals surface area contributed by atoms with Crippen LogP contribution in [0.25, 0.3) is 11.0 Å². The van der Waals surface area contributed by atoms with Gasteiger partial charge in [0.25, 0.3) is 5.56 Å². The highest BCUT2D eigenvalue weighted by molar-refractivity contribution is 5.81. The molecule has 0 aromatic carbocycles. The Labute approximate surface area is 148 Å². The highest BCUT2D eigenvalue weighted by Crippen LogP contribution is 2.21. The maximum atomic E-state index is 12.4. The Morgan fingerprint density at radius 1 is 1.32 bits per heavy atom. The third-order valence-electron chi connectivity index (χ3n) is 5.33. The van der Waals surface area contributed by atoms with Gasteiger partial charge >= 0.3 is 0 Å². The first-order chi connectivity index (χ1) is 11.8. The second-order valence-electron chi connectivity index (χ2n) is 6.74. The number of hydrogen-bond donors (Lipinski definition) is 3. The summed E-state index contributed by atoms with van der Waals surface area (Å²) in [5.41, 5.74) is 8.73. The Morgan fingerprint density at radius 2 is 1.96 bits per heavy atom. The number of aryl methyl sites for hydroxylation is 3.